The smallest absolute Gasteiger partial charge is 0.248 e. The predicted octanol–water partition coefficient (Wildman–Crippen LogP) is 5.20. The van der Waals surface area contributed by atoms with Gasteiger partial charge in [-0.25, -0.2) is 4.98 Å². The van der Waals surface area contributed by atoms with Gasteiger partial charge < -0.3 is 11.1 Å². The normalized spacial score (nSPS) is 11.1. The van der Waals surface area contributed by atoms with Crippen LogP contribution in [0.15, 0.2) is 78.9 Å². The van der Waals surface area contributed by atoms with Gasteiger partial charge in [-0.1, -0.05) is 42.5 Å². The van der Waals surface area contributed by atoms with Gasteiger partial charge in [-0.15, -0.1) is 11.3 Å². The van der Waals surface area contributed by atoms with E-state index in [1.54, 1.807) is 23.5 Å². The molecule has 0 spiro atoms. The molecule has 0 saturated carbocycles. The third-order valence-corrected chi connectivity index (χ3v) is 5.12. The van der Waals surface area contributed by atoms with Gasteiger partial charge in [0.05, 0.1) is 15.9 Å². The van der Waals surface area contributed by atoms with Crippen LogP contribution in [-0.2, 0) is 4.79 Å². The SMILES string of the molecule is Nc1ccc(NC(=O)/C=C/c2ccccc2)c(-c2nc3ccccc3s2)c1. The first-order valence-corrected chi connectivity index (χ1v) is 9.30. The number of hydrogen-bond donors (Lipinski definition) is 2. The number of carbonyl (C=O) groups excluding carboxylic acids is 1. The summed E-state index contributed by atoms with van der Waals surface area (Å²) in [6.07, 6.45) is 3.30. The second kappa shape index (κ2) is 7.43. The van der Waals surface area contributed by atoms with Crippen LogP contribution in [0.1, 0.15) is 5.56 Å². The summed E-state index contributed by atoms with van der Waals surface area (Å²) in [6, 6.07) is 23.1. The van der Waals surface area contributed by atoms with Crippen molar-refractivity contribution in [3.63, 3.8) is 0 Å². The summed E-state index contributed by atoms with van der Waals surface area (Å²) in [5.74, 6) is -0.203. The molecular formula is C22H17N3OS. The van der Waals surface area contributed by atoms with E-state index in [9.17, 15) is 4.79 Å². The summed E-state index contributed by atoms with van der Waals surface area (Å²) in [4.78, 5) is 17.1. The molecule has 0 aliphatic heterocycles. The number of aromatic nitrogens is 1. The number of fused-ring (bicyclic) bond motifs is 1. The van der Waals surface area contributed by atoms with E-state index >= 15 is 0 Å². The van der Waals surface area contributed by atoms with Gasteiger partial charge in [-0.3, -0.25) is 4.79 Å². The van der Waals surface area contributed by atoms with Crippen molar-refractivity contribution in [2.45, 2.75) is 0 Å². The van der Waals surface area contributed by atoms with Crippen molar-refractivity contribution < 1.29 is 4.79 Å². The Morgan fingerprint density at radius 2 is 1.78 bits per heavy atom. The number of anilines is 2. The van der Waals surface area contributed by atoms with Crippen molar-refractivity contribution >= 4 is 44.9 Å². The number of nitrogen functional groups attached to an aromatic ring is 1. The number of benzene rings is 3. The van der Waals surface area contributed by atoms with Crippen LogP contribution in [0.25, 0.3) is 26.9 Å². The van der Waals surface area contributed by atoms with Crippen LogP contribution < -0.4 is 11.1 Å². The van der Waals surface area contributed by atoms with Crippen LogP contribution in [0.5, 0.6) is 0 Å². The number of hydrogen-bond acceptors (Lipinski definition) is 4. The molecule has 3 N–H and O–H groups in total. The maximum absolute atomic E-state index is 12.4. The minimum Gasteiger partial charge on any atom is -0.399 e. The van der Waals surface area contributed by atoms with E-state index in [4.69, 9.17) is 5.73 Å². The number of carbonyl (C=O) groups is 1. The second-order valence-corrected chi connectivity index (χ2v) is 7.06. The van der Waals surface area contributed by atoms with E-state index in [1.807, 2.05) is 66.7 Å². The number of thiazole rings is 1. The van der Waals surface area contributed by atoms with E-state index in [1.165, 1.54) is 6.08 Å². The Hall–Kier alpha value is -3.44. The van der Waals surface area contributed by atoms with Crippen molar-refractivity contribution in [3.8, 4) is 10.6 Å². The Labute approximate surface area is 161 Å². The van der Waals surface area contributed by atoms with Crippen LogP contribution in [-0.4, -0.2) is 10.9 Å². The third-order valence-electron chi connectivity index (χ3n) is 4.05. The van der Waals surface area contributed by atoms with E-state index in [-0.39, 0.29) is 5.91 Å². The zero-order valence-electron chi connectivity index (χ0n) is 14.4. The molecule has 3 aromatic carbocycles. The Bertz CT molecular complexity index is 1100. The molecule has 0 aliphatic rings. The number of nitrogens with one attached hydrogen (secondary N) is 1. The first-order chi connectivity index (χ1) is 13.2. The average Bonchev–Trinajstić information content (AvgIpc) is 3.12. The molecule has 0 fully saturated rings. The fourth-order valence-corrected chi connectivity index (χ4v) is 3.74. The number of amides is 1. The van der Waals surface area contributed by atoms with Crippen molar-refractivity contribution in [2.24, 2.45) is 0 Å². The van der Waals surface area contributed by atoms with Crippen molar-refractivity contribution in [2.75, 3.05) is 11.1 Å². The fourth-order valence-electron chi connectivity index (χ4n) is 2.75. The summed E-state index contributed by atoms with van der Waals surface area (Å²) in [5.41, 5.74) is 10.0. The fraction of sp³-hybridized carbons (Fsp3) is 0. The number of rotatable bonds is 4. The molecule has 4 rings (SSSR count). The van der Waals surface area contributed by atoms with Crippen LogP contribution in [0, 0.1) is 0 Å². The lowest BCUT2D eigenvalue weighted by Gasteiger charge is -2.09. The Morgan fingerprint density at radius 1 is 1.00 bits per heavy atom. The highest BCUT2D eigenvalue weighted by molar-refractivity contribution is 7.21. The van der Waals surface area contributed by atoms with Crippen molar-refractivity contribution in [1.29, 1.82) is 0 Å². The van der Waals surface area contributed by atoms with E-state index < -0.39 is 0 Å². The minimum atomic E-state index is -0.203. The molecule has 0 saturated heterocycles. The molecule has 1 aromatic heterocycles. The zero-order chi connectivity index (χ0) is 18.6. The van der Waals surface area contributed by atoms with Crippen molar-refractivity contribution in [1.82, 2.24) is 4.98 Å². The van der Waals surface area contributed by atoms with Gasteiger partial charge >= 0.3 is 0 Å². The van der Waals surface area contributed by atoms with Crippen LogP contribution in [0.2, 0.25) is 0 Å². The Morgan fingerprint density at radius 3 is 2.59 bits per heavy atom. The monoisotopic (exact) mass is 371 g/mol. The highest BCUT2D eigenvalue weighted by atomic mass is 32.1. The van der Waals surface area contributed by atoms with Gasteiger partial charge in [0.1, 0.15) is 5.01 Å². The molecule has 27 heavy (non-hydrogen) atoms. The molecule has 4 nitrogen and oxygen atoms in total. The highest BCUT2D eigenvalue weighted by Crippen LogP contribution is 2.35. The molecule has 0 atom stereocenters. The first-order valence-electron chi connectivity index (χ1n) is 8.49. The van der Waals surface area contributed by atoms with Gasteiger partial charge in [0.15, 0.2) is 0 Å². The summed E-state index contributed by atoms with van der Waals surface area (Å²) >= 11 is 1.57. The first kappa shape index (κ1) is 17.0. The number of para-hydroxylation sites is 1. The zero-order valence-corrected chi connectivity index (χ0v) is 15.2. The van der Waals surface area contributed by atoms with Gasteiger partial charge in [0, 0.05) is 17.3 Å². The Balaban J connectivity index is 1.63. The Kier molecular flexibility index (Phi) is 4.68. The van der Waals surface area contributed by atoms with E-state index in [2.05, 4.69) is 10.3 Å². The molecule has 1 heterocycles. The average molecular weight is 371 g/mol. The summed E-state index contributed by atoms with van der Waals surface area (Å²) in [7, 11) is 0. The molecule has 132 valence electrons. The molecule has 5 heteroatoms. The molecule has 1 amide bonds. The lowest BCUT2D eigenvalue weighted by Crippen LogP contribution is -2.09. The van der Waals surface area contributed by atoms with Crippen LogP contribution in [0.3, 0.4) is 0 Å². The second-order valence-electron chi connectivity index (χ2n) is 6.03. The van der Waals surface area contributed by atoms with Gasteiger partial charge in [-0.2, -0.15) is 0 Å². The molecule has 0 aliphatic carbocycles. The van der Waals surface area contributed by atoms with Crippen molar-refractivity contribution in [3.05, 3.63) is 84.4 Å². The largest absolute Gasteiger partial charge is 0.399 e. The molecule has 0 unspecified atom stereocenters. The maximum Gasteiger partial charge on any atom is 0.248 e. The molecule has 0 radical (unpaired) electrons. The van der Waals surface area contributed by atoms with Crippen LogP contribution in [0.4, 0.5) is 11.4 Å². The highest BCUT2D eigenvalue weighted by Gasteiger charge is 2.12. The number of nitrogens with zero attached hydrogens (tertiary/aromatic N) is 1. The third kappa shape index (κ3) is 3.88. The molecule has 0 bridgehead atoms. The lowest BCUT2D eigenvalue weighted by atomic mass is 10.1. The number of nitrogens with two attached hydrogens (primary N) is 1. The van der Waals surface area contributed by atoms with E-state index in [0.717, 1.165) is 26.4 Å². The summed E-state index contributed by atoms with van der Waals surface area (Å²) < 4.78 is 1.09. The maximum atomic E-state index is 12.4. The molecule has 4 aromatic rings. The quantitative estimate of drug-likeness (QED) is 0.383. The van der Waals surface area contributed by atoms with Gasteiger partial charge in [-0.05, 0) is 42.0 Å². The van der Waals surface area contributed by atoms with Gasteiger partial charge in [0.2, 0.25) is 5.91 Å². The van der Waals surface area contributed by atoms with E-state index in [0.29, 0.717) is 11.4 Å². The lowest BCUT2D eigenvalue weighted by molar-refractivity contribution is -0.111. The topological polar surface area (TPSA) is 68.0 Å². The molecular weight excluding hydrogens is 354 g/mol. The predicted molar refractivity (Wildman–Crippen MR) is 114 cm³/mol. The van der Waals surface area contributed by atoms with Gasteiger partial charge in [0.25, 0.3) is 0 Å². The minimum absolute atomic E-state index is 0.203. The summed E-state index contributed by atoms with van der Waals surface area (Å²) in [5, 5.41) is 3.76. The summed E-state index contributed by atoms with van der Waals surface area (Å²) in [6.45, 7) is 0. The standard InChI is InChI=1S/C22H17N3OS/c23-16-11-12-18(24-21(26)13-10-15-6-2-1-3-7-15)17(14-16)22-25-19-8-4-5-9-20(19)27-22/h1-14H,23H2,(H,24,26)/b13-10+. The van der Waals surface area contributed by atoms with Crippen LogP contribution >= 0.6 is 11.3 Å².